The van der Waals surface area contributed by atoms with Gasteiger partial charge in [0.05, 0.1) is 6.61 Å². The van der Waals surface area contributed by atoms with Crippen LogP contribution in [0.25, 0.3) is 0 Å². The molecule has 1 N–H and O–H groups in total. The zero-order valence-electron chi connectivity index (χ0n) is 8.09. The molecule has 1 fully saturated rings. The third-order valence-corrected chi connectivity index (χ3v) is 1.86. The number of aliphatic hydroxyl groups excluding tert-OH is 1. The number of aliphatic hydroxyl groups is 1. The average Bonchev–Trinajstić information content (AvgIpc) is 2.09. The van der Waals surface area contributed by atoms with Gasteiger partial charge in [0.25, 0.3) is 0 Å². The van der Waals surface area contributed by atoms with Crippen LogP contribution >= 0.6 is 0 Å². The van der Waals surface area contributed by atoms with Gasteiger partial charge in [0, 0.05) is 13.1 Å². The second-order valence-corrected chi connectivity index (χ2v) is 2.76. The molecule has 12 heavy (non-hydrogen) atoms. The highest BCUT2D eigenvalue weighted by Crippen LogP contribution is 2.11. The Labute approximate surface area is 74.4 Å². The first-order valence-electron chi connectivity index (χ1n) is 4.80. The van der Waals surface area contributed by atoms with Crippen LogP contribution < -0.4 is 0 Å². The lowest BCUT2D eigenvalue weighted by molar-refractivity contribution is 0.116. The Morgan fingerprint density at radius 1 is 1.50 bits per heavy atom. The Balaban J connectivity index is 0.000000561. The van der Waals surface area contributed by atoms with E-state index >= 15 is 0 Å². The molecule has 3 heteroatoms. The topological polar surface area (TPSA) is 23.5 Å². The predicted octanol–water partition coefficient (Wildman–Crippen LogP) is 1.44. The van der Waals surface area contributed by atoms with E-state index in [1.54, 1.807) is 0 Å². The number of piperidine rings is 1. The molecule has 0 bridgehead atoms. The van der Waals surface area contributed by atoms with E-state index in [0.29, 0.717) is 19.5 Å². The fourth-order valence-corrected chi connectivity index (χ4v) is 1.34. The largest absolute Gasteiger partial charge is 0.395 e. The molecule has 0 unspecified atom stereocenters. The van der Waals surface area contributed by atoms with Crippen molar-refractivity contribution in [1.29, 1.82) is 0 Å². The first kappa shape index (κ1) is 11.8. The summed E-state index contributed by atoms with van der Waals surface area (Å²) in [4.78, 5) is 1.97. The minimum absolute atomic E-state index is 0.146. The van der Waals surface area contributed by atoms with E-state index in [1.807, 2.05) is 18.7 Å². The van der Waals surface area contributed by atoms with Gasteiger partial charge in [0.15, 0.2) is 0 Å². The van der Waals surface area contributed by atoms with Gasteiger partial charge >= 0.3 is 0 Å². The van der Waals surface area contributed by atoms with Crippen LogP contribution in [0.3, 0.4) is 0 Å². The molecule has 1 heterocycles. The standard InChI is InChI=1S/C7H14FNO.C2H6/c8-7-2-1-3-9(6-7)4-5-10;1-2/h7,10H,1-6H2;1-2H3/t7-;/m1./s1. The van der Waals surface area contributed by atoms with E-state index < -0.39 is 6.17 Å². The molecule has 0 spiro atoms. The Hall–Kier alpha value is -0.150. The van der Waals surface area contributed by atoms with Crippen molar-refractivity contribution >= 4 is 0 Å². The third-order valence-electron chi connectivity index (χ3n) is 1.86. The number of hydrogen-bond donors (Lipinski definition) is 1. The fraction of sp³-hybridized carbons (Fsp3) is 1.00. The number of nitrogens with zero attached hydrogens (tertiary/aromatic N) is 1. The first-order chi connectivity index (χ1) is 5.83. The SMILES string of the molecule is CC.OCCN1CCC[C@@H](F)C1. The molecule has 0 amide bonds. The minimum atomic E-state index is -0.666. The maximum Gasteiger partial charge on any atom is 0.113 e. The van der Waals surface area contributed by atoms with E-state index in [2.05, 4.69) is 0 Å². The van der Waals surface area contributed by atoms with Gasteiger partial charge in [-0.15, -0.1) is 0 Å². The number of rotatable bonds is 2. The summed E-state index contributed by atoms with van der Waals surface area (Å²) < 4.78 is 12.6. The highest BCUT2D eigenvalue weighted by atomic mass is 19.1. The summed E-state index contributed by atoms with van der Waals surface area (Å²) >= 11 is 0. The van der Waals surface area contributed by atoms with Crippen LogP contribution in [0, 0.1) is 0 Å². The Kier molecular flexibility index (Phi) is 7.40. The molecule has 74 valence electrons. The molecule has 1 saturated heterocycles. The molecule has 1 aliphatic heterocycles. The summed E-state index contributed by atoms with van der Waals surface area (Å²) in [5.41, 5.74) is 0. The lowest BCUT2D eigenvalue weighted by atomic mass is 10.1. The van der Waals surface area contributed by atoms with Crippen LogP contribution in [0.1, 0.15) is 26.7 Å². The molecule has 0 aromatic carbocycles. The smallest absolute Gasteiger partial charge is 0.113 e. The molecule has 1 aliphatic rings. The van der Waals surface area contributed by atoms with Gasteiger partial charge in [-0.05, 0) is 19.4 Å². The molecule has 0 saturated carbocycles. The van der Waals surface area contributed by atoms with Crippen molar-refractivity contribution < 1.29 is 9.50 Å². The number of hydrogen-bond acceptors (Lipinski definition) is 2. The summed E-state index contributed by atoms with van der Waals surface area (Å²) in [7, 11) is 0. The van der Waals surface area contributed by atoms with Gasteiger partial charge in [-0.2, -0.15) is 0 Å². The van der Waals surface area contributed by atoms with Crippen LogP contribution in [0.5, 0.6) is 0 Å². The molecule has 0 aliphatic carbocycles. The highest BCUT2D eigenvalue weighted by molar-refractivity contribution is 4.71. The van der Waals surface area contributed by atoms with Crippen molar-refractivity contribution in [3.63, 3.8) is 0 Å². The second kappa shape index (κ2) is 7.50. The lowest BCUT2D eigenvalue weighted by Gasteiger charge is -2.27. The number of β-amino-alcohol motifs (C(OH)–C–C–N with tert-alkyl or cyclic N) is 1. The second-order valence-electron chi connectivity index (χ2n) is 2.76. The van der Waals surface area contributed by atoms with Gasteiger partial charge in [0.1, 0.15) is 6.17 Å². The van der Waals surface area contributed by atoms with Gasteiger partial charge in [-0.3, -0.25) is 4.90 Å². The number of alkyl halides is 1. The van der Waals surface area contributed by atoms with E-state index in [1.165, 1.54) is 0 Å². The summed E-state index contributed by atoms with van der Waals surface area (Å²) in [6, 6.07) is 0. The van der Waals surface area contributed by atoms with Crippen molar-refractivity contribution in [2.45, 2.75) is 32.9 Å². The quantitative estimate of drug-likeness (QED) is 0.690. The van der Waals surface area contributed by atoms with E-state index in [4.69, 9.17) is 5.11 Å². The lowest BCUT2D eigenvalue weighted by Crippen LogP contribution is -2.37. The molecular weight excluding hydrogens is 157 g/mol. The highest BCUT2D eigenvalue weighted by Gasteiger charge is 2.17. The molecule has 0 aromatic rings. The molecular formula is C9H20FNO. The van der Waals surface area contributed by atoms with Crippen LogP contribution in [-0.2, 0) is 0 Å². The number of likely N-dealkylation sites (tertiary alicyclic amines) is 1. The molecule has 0 radical (unpaired) electrons. The van der Waals surface area contributed by atoms with Crippen LogP contribution in [0.2, 0.25) is 0 Å². The van der Waals surface area contributed by atoms with Crippen molar-refractivity contribution in [2.75, 3.05) is 26.2 Å². The Morgan fingerprint density at radius 3 is 2.67 bits per heavy atom. The van der Waals surface area contributed by atoms with Gasteiger partial charge in [-0.25, -0.2) is 4.39 Å². The average molecular weight is 177 g/mol. The van der Waals surface area contributed by atoms with E-state index in [0.717, 1.165) is 13.0 Å². The van der Waals surface area contributed by atoms with Crippen molar-refractivity contribution in [3.05, 3.63) is 0 Å². The molecule has 0 aromatic heterocycles. The summed E-state index contributed by atoms with van der Waals surface area (Å²) in [6.07, 6.45) is 0.962. The summed E-state index contributed by atoms with van der Waals surface area (Å²) in [5.74, 6) is 0. The van der Waals surface area contributed by atoms with Gasteiger partial charge in [0.2, 0.25) is 0 Å². The normalized spacial score (nSPS) is 24.5. The molecule has 1 atom stereocenters. The van der Waals surface area contributed by atoms with Gasteiger partial charge < -0.3 is 5.11 Å². The fourth-order valence-electron chi connectivity index (χ4n) is 1.34. The molecule has 1 rings (SSSR count). The maximum atomic E-state index is 12.6. The van der Waals surface area contributed by atoms with Crippen molar-refractivity contribution in [2.24, 2.45) is 0 Å². The monoisotopic (exact) mass is 177 g/mol. The zero-order chi connectivity index (χ0) is 9.40. The Morgan fingerprint density at radius 2 is 2.17 bits per heavy atom. The number of halogens is 1. The zero-order valence-corrected chi connectivity index (χ0v) is 8.09. The Bertz CT molecular complexity index is 98.5. The summed E-state index contributed by atoms with van der Waals surface area (Å²) in [6.45, 7) is 6.23. The third kappa shape index (κ3) is 4.67. The first-order valence-corrected chi connectivity index (χ1v) is 4.80. The summed E-state index contributed by atoms with van der Waals surface area (Å²) in [5, 5.41) is 8.54. The maximum absolute atomic E-state index is 12.6. The molecule has 2 nitrogen and oxygen atoms in total. The van der Waals surface area contributed by atoms with Crippen LogP contribution in [-0.4, -0.2) is 42.4 Å². The van der Waals surface area contributed by atoms with Crippen LogP contribution in [0.15, 0.2) is 0 Å². The van der Waals surface area contributed by atoms with Crippen molar-refractivity contribution in [3.8, 4) is 0 Å². The van der Waals surface area contributed by atoms with E-state index in [-0.39, 0.29) is 6.61 Å². The van der Waals surface area contributed by atoms with Crippen molar-refractivity contribution in [1.82, 2.24) is 4.90 Å². The van der Waals surface area contributed by atoms with Gasteiger partial charge in [-0.1, -0.05) is 13.8 Å². The van der Waals surface area contributed by atoms with Crippen LogP contribution in [0.4, 0.5) is 4.39 Å². The van der Waals surface area contributed by atoms with E-state index in [9.17, 15) is 4.39 Å². The predicted molar refractivity (Wildman–Crippen MR) is 49.0 cm³/mol. The minimum Gasteiger partial charge on any atom is -0.395 e.